The third kappa shape index (κ3) is 6.13. The fourth-order valence-corrected chi connectivity index (χ4v) is 2.12. The first kappa shape index (κ1) is 16.8. The highest BCUT2D eigenvalue weighted by molar-refractivity contribution is 8.03. The van der Waals surface area contributed by atoms with Crippen molar-refractivity contribution in [3.8, 4) is 0 Å². The number of benzene rings is 1. The summed E-state index contributed by atoms with van der Waals surface area (Å²) < 4.78 is 0. The Kier molecular flexibility index (Phi) is 7.03. The molecule has 0 heterocycles. The van der Waals surface area contributed by atoms with Gasteiger partial charge in [-0.15, -0.1) is 11.8 Å². The van der Waals surface area contributed by atoms with Crippen molar-refractivity contribution in [2.45, 2.75) is 13.5 Å². The van der Waals surface area contributed by atoms with E-state index in [-0.39, 0.29) is 5.91 Å². The predicted octanol–water partition coefficient (Wildman–Crippen LogP) is 1.59. The number of rotatable bonds is 6. The molecule has 0 saturated heterocycles. The summed E-state index contributed by atoms with van der Waals surface area (Å²) in [4.78, 5) is 27.1. The van der Waals surface area contributed by atoms with Gasteiger partial charge in [-0.05, 0) is 18.7 Å². The van der Waals surface area contributed by atoms with E-state index in [0.717, 1.165) is 5.56 Å². The lowest BCUT2D eigenvalue weighted by atomic mass is 10.2. The number of nitrogens with two attached hydrogens (primary N) is 1. The Morgan fingerprint density at radius 3 is 2.57 bits per heavy atom. The van der Waals surface area contributed by atoms with Crippen molar-refractivity contribution < 1.29 is 9.59 Å². The third-order valence-electron chi connectivity index (χ3n) is 2.50. The van der Waals surface area contributed by atoms with Crippen LogP contribution in [0.4, 0.5) is 4.79 Å². The number of carbonyl (C=O) groups is 2. The molecule has 0 fully saturated rings. The molecule has 7 heteroatoms. The molecule has 6 nitrogen and oxygen atoms in total. The number of allylic oxidation sites excluding steroid dienone is 1. The lowest BCUT2D eigenvalue weighted by molar-refractivity contribution is -0.117. The maximum atomic E-state index is 12.1. The highest BCUT2D eigenvalue weighted by Gasteiger charge is 2.11. The fraction of sp³-hybridized carbons (Fsp3) is 0.214. The van der Waals surface area contributed by atoms with Crippen molar-refractivity contribution in [1.29, 1.82) is 0 Å². The Hall–Kier alpha value is -2.28. The Balaban J connectivity index is 2.67. The fourth-order valence-electron chi connectivity index (χ4n) is 1.51. The van der Waals surface area contributed by atoms with E-state index < -0.39 is 6.03 Å². The average molecular weight is 306 g/mol. The van der Waals surface area contributed by atoms with E-state index in [2.05, 4.69) is 15.6 Å². The minimum absolute atomic E-state index is 0.208. The smallest absolute Gasteiger partial charge is 0.317 e. The van der Waals surface area contributed by atoms with E-state index in [4.69, 9.17) is 5.73 Å². The van der Waals surface area contributed by atoms with Gasteiger partial charge in [0.1, 0.15) is 0 Å². The highest BCUT2D eigenvalue weighted by atomic mass is 32.2. The van der Waals surface area contributed by atoms with E-state index in [1.807, 2.05) is 30.3 Å². The molecule has 1 rings (SSSR count). The molecule has 0 saturated carbocycles. The van der Waals surface area contributed by atoms with Crippen LogP contribution in [0.1, 0.15) is 12.5 Å². The molecule has 1 aromatic rings. The van der Waals surface area contributed by atoms with Gasteiger partial charge in [0.25, 0.3) is 5.91 Å². The third-order valence-corrected chi connectivity index (χ3v) is 3.39. The highest BCUT2D eigenvalue weighted by Crippen LogP contribution is 2.17. The molecule has 0 aliphatic carbocycles. The number of nitrogens with one attached hydrogen (secondary N) is 2. The van der Waals surface area contributed by atoms with Crippen LogP contribution in [0.5, 0.6) is 0 Å². The van der Waals surface area contributed by atoms with Gasteiger partial charge in [-0.25, -0.2) is 9.79 Å². The van der Waals surface area contributed by atoms with Gasteiger partial charge >= 0.3 is 6.03 Å². The number of thioether (sulfide) groups is 1. The van der Waals surface area contributed by atoms with Crippen LogP contribution in [0, 0.1) is 0 Å². The zero-order valence-corrected chi connectivity index (χ0v) is 12.7. The van der Waals surface area contributed by atoms with Gasteiger partial charge in [-0.2, -0.15) is 0 Å². The minimum atomic E-state index is -0.703. The Morgan fingerprint density at radius 2 is 2.00 bits per heavy atom. The van der Waals surface area contributed by atoms with Crippen molar-refractivity contribution in [3.63, 3.8) is 0 Å². The largest absolute Gasteiger partial charge is 0.351 e. The number of hydrogen-bond donors (Lipinski definition) is 3. The van der Waals surface area contributed by atoms with Gasteiger partial charge in [0, 0.05) is 6.54 Å². The van der Waals surface area contributed by atoms with Gasteiger partial charge in [0.2, 0.25) is 0 Å². The first-order valence-electron chi connectivity index (χ1n) is 6.20. The molecule has 4 N–H and O–H groups in total. The van der Waals surface area contributed by atoms with Crippen LogP contribution in [-0.4, -0.2) is 24.5 Å². The summed E-state index contributed by atoms with van der Waals surface area (Å²) in [6, 6.07) is 8.92. The van der Waals surface area contributed by atoms with E-state index >= 15 is 0 Å². The molecule has 0 unspecified atom stereocenters. The number of amides is 3. The molecule has 3 amide bonds. The second-order valence-electron chi connectivity index (χ2n) is 4.05. The van der Waals surface area contributed by atoms with Crippen molar-refractivity contribution in [3.05, 3.63) is 46.5 Å². The minimum Gasteiger partial charge on any atom is -0.351 e. The SMILES string of the molecule is CS/C(C(=O)NCc1ccccc1)=C(/C)N=CNC(N)=O. The molecule has 0 radical (unpaired) electrons. The lowest BCUT2D eigenvalue weighted by Gasteiger charge is -2.08. The zero-order valence-electron chi connectivity index (χ0n) is 11.9. The summed E-state index contributed by atoms with van der Waals surface area (Å²) in [5.41, 5.74) is 6.44. The number of urea groups is 1. The van der Waals surface area contributed by atoms with Crippen molar-refractivity contribution in [2.75, 3.05) is 6.26 Å². The Morgan fingerprint density at radius 1 is 1.33 bits per heavy atom. The van der Waals surface area contributed by atoms with Gasteiger partial charge in [-0.3, -0.25) is 10.1 Å². The molecule has 1 aromatic carbocycles. The normalized spacial score (nSPS) is 11.9. The topological polar surface area (TPSA) is 96.6 Å². The van der Waals surface area contributed by atoms with Gasteiger partial charge in [0.15, 0.2) is 0 Å². The monoisotopic (exact) mass is 306 g/mol. The van der Waals surface area contributed by atoms with Crippen LogP contribution in [0.25, 0.3) is 0 Å². The van der Waals surface area contributed by atoms with Crippen LogP contribution in [0.3, 0.4) is 0 Å². The number of hydrogen-bond acceptors (Lipinski definition) is 4. The van der Waals surface area contributed by atoms with Crippen LogP contribution < -0.4 is 16.4 Å². The summed E-state index contributed by atoms with van der Waals surface area (Å²) in [5.74, 6) is -0.208. The maximum absolute atomic E-state index is 12.1. The van der Waals surface area contributed by atoms with Crippen LogP contribution in [0.15, 0.2) is 45.9 Å². The van der Waals surface area contributed by atoms with E-state index in [1.54, 1.807) is 13.2 Å². The maximum Gasteiger partial charge on any atom is 0.317 e. The molecule has 0 bridgehead atoms. The quantitative estimate of drug-likeness (QED) is 0.423. The summed E-state index contributed by atoms with van der Waals surface area (Å²) in [7, 11) is 0. The predicted molar refractivity (Wildman–Crippen MR) is 85.7 cm³/mol. The molecule has 0 spiro atoms. The number of nitrogens with zero attached hydrogens (tertiary/aromatic N) is 1. The van der Waals surface area contributed by atoms with E-state index in [1.165, 1.54) is 18.1 Å². The Labute approximate surface area is 127 Å². The van der Waals surface area contributed by atoms with Crippen LogP contribution in [0.2, 0.25) is 0 Å². The molecule has 0 aromatic heterocycles. The standard InChI is InChI=1S/C14H18N4O2S/c1-10(17-9-18-14(15)20)12(21-2)13(19)16-8-11-6-4-3-5-7-11/h3-7,9H,8H2,1-2H3,(H,16,19)(H3,15,17,18,20)/b12-10-. The molecule has 21 heavy (non-hydrogen) atoms. The van der Waals surface area contributed by atoms with Gasteiger partial charge in [-0.1, -0.05) is 30.3 Å². The summed E-state index contributed by atoms with van der Waals surface area (Å²) >= 11 is 1.29. The first-order chi connectivity index (χ1) is 10.0. The van der Waals surface area contributed by atoms with Crippen LogP contribution in [-0.2, 0) is 11.3 Å². The van der Waals surface area contributed by atoms with Crippen molar-refractivity contribution in [2.24, 2.45) is 10.7 Å². The number of aliphatic imine (C=N–C) groups is 1. The first-order valence-corrected chi connectivity index (χ1v) is 7.42. The van der Waals surface area contributed by atoms with Gasteiger partial charge in [0.05, 0.1) is 16.9 Å². The lowest BCUT2D eigenvalue weighted by Crippen LogP contribution is -2.28. The zero-order chi connectivity index (χ0) is 15.7. The molecule has 0 aliphatic heterocycles. The number of carbonyl (C=O) groups excluding carboxylic acids is 2. The van der Waals surface area contributed by atoms with Crippen molar-refractivity contribution >= 4 is 30.0 Å². The molecular weight excluding hydrogens is 288 g/mol. The molecule has 0 atom stereocenters. The second kappa shape index (κ2) is 8.80. The van der Waals surface area contributed by atoms with Gasteiger partial charge < -0.3 is 11.1 Å². The summed E-state index contributed by atoms with van der Waals surface area (Å²) in [6.07, 6.45) is 2.95. The van der Waals surface area contributed by atoms with E-state index in [9.17, 15) is 9.59 Å². The summed E-state index contributed by atoms with van der Waals surface area (Å²) in [6.45, 7) is 2.13. The average Bonchev–Trinajstić information content (AvgIpc) is 2.46. The van der Waals surface area contributed by atoms with E-state index in [0.29, 0.717) is 17.1 Å². The summed E-state index contributed by atoms with van der Waals surface area (Å²) in [5, 5.41) is 5.05. The molecular formula is C14H18N4O2S. The molecule has 0 aliphatic rings. The second-order valence-corrected chi connectivity index (χ2v) is 4.87. The molecule has 112 valence electrons. The Bertz CT molecular complexity index is 555. The van der Waals surface area contributed by atoms with Crippen LogP contribution >= 0.6 is 11.8 Å². The van der Waals surface area contributed by atoms with Crippen molar-refractivity contribution in [1.82, 2.24) is 10.6 Å². The number of primary amides is 1.